The van der Waals surface area contributed by atoms with Crippen LogP contribution in [0.15, 0.2) is 21.8 Å². The second-order valence-electron chi connectivity index (χ2n) is 5.15. The van der Waals surface area contributed by atoms with E-state index in [4.69, 9.17) is 4.42 Å². The highest BCUT2D eigenvalue weighted by atomic mass is 32.2. The van der Waals surface area contributed by atoms with Crippen LogP contribution in [0.2, 0.25) is 0 Å². The van der Waals surface area contributed by atoms with Crippen molar-refractivity contribution >= 4 is 16.0 Å². The van der Waals surface area contributed by atoms with Crippen LogP contribution in [-0.2, 0) is 14.8 Å². The smallest absolute Gasteiger partial charge is 0.341 e. The lowest BCUT2D eigenvalue weighted by atomic mass is 9.99. The largest absolute Gasteiger partial charge is 0.465 e. The van der Waals surface area contributed by atoms with E-state index in [0.29, 0.717) is 0 Å². The molecule has 7 nitrogen and oxygen atoms in total. The van der Waals surface area contributed by atoms with Gasteiger partial charge in [0.2, 0.25) is 5.09 Å². The van der Waals surface area contributed by atoms with E-state index in [9.17, 15) is 18.5 Å². The average Bonchev–Trinajstić information content (AvgIpc) is 3.21. The number of sulfonamides is 1. The first-order valence-electron chi connectivity index (χ1n) is 6.34. The summed E-state index contributed by atoms with van der Waals surface area (Å²) in [5.41, 5.74) is -1.12. The van der Waals surface area contributed by atoms with Gasteiger partial charge in [-0.2, -0.15) is 9.57 Å². The van der Waals surface area contributed by atoms with E-state index in [-0.39, 0.29) is 16.6 Å². The van der Waals surface area contributed by atoms with Crippen molar-refractivity contribution in [1.29, 1.82) is 5.26 Å². The molecule has 8 heteroatoms. The maximum Gasteiger partial charge on any atom is 0.341 e. The Labute approximate surface area is 123 Å². The van der Waals surface area contributed by atoms with Crippen LogP contribution < -0.4 is 0 Å². The van der Waals surface area contributed by atoms with Crippen molar-refractivity contribution in [3.05, 3.63) is 17.9 Å². The Morgan fingerprint density at radius 2 is 2.19 bits per heavy atom. The molecule has 0 radical (unpaired) electrons. The second-order valence-corrected chi connectivity index (χ2v) is 7.05. The third-order valence-corrected chi connectivity index (χ3v) is 5.69. The summed E-state index contributed by atoms with van der Waals surface area (Å²) in [7, 11) is -1.46. The van der Waals surface area contributed by atoms with Gasteiger partial charge in [0.25, 0.3) is 10.0 Å². The van der Waals surface area contributed by atoms with E-state index in [1.54, 1.807) is 6.92 Å². The fourth-order valence-corrected chi connectivity index (χ4v) is 3.53. The molecular formula is C13H16N2O5S. The molecule has 1 aliphatic carbocycles. The summed E-state index contributed by atoms with van der Waals surface area (Å²) < 4.78 is 35.5. The lowest BCUT2D eigenvalue weighted by molar-refractivity contribution is 0.0600. The van der Waals surface area contributed by atoms with Gasteiger partial charge in [-0.15, -0.1) is 0 Å². The molecule has 1 heterocycles. The number of esters is 1. The molecule has 1 atom stereocenters. The van der Waals surface area contributed by atoms with Gasteiger partial charge in [0.05, 0.1) is 18.7 Å². The van der Waals surface area contributed by atoms with Crippen LogP contribution in [0.25, 0.3) is 0 Å². The molecule has 0 N–H and O–H groups in total. The number of methoxy groups -OCH3 is 1. The maximum absolute atomic E-state index is 12.5. The number of furan rings is 1. The monoisotopic (exact) mass is 312 g/mol. The molecule has 0 bridgehead atoms. The van der Waals surface area contributed by atoms with Crippen LogP contribution >= 0.6 is 0 Å². The van der Waals surface area contributed by atoms with Gasteiger partial charge in [-0.05, 0) is 25.7 Å². The summed E-state index contributed by atoms with van der Waals surface area (Å²) in [6, 6.07) is 3.17. The first-order valence-corrected chi connectivity index (χ1v) is 7.78. The fourth-order valence-electron chi connectivity index (χ4n) is 2.13. The van der Waals surface area contributed by atoms with Crippen molar-refractivity contribution in [2.45, 2.75) is 30.4 Å². The van der Waals surface area contributed by atoms with E-state index in [1.807, 2.05) is 0 Å². The number of carbonyl (C=O) groups excluding carboxylic acids is 1. The zero-order valence-electron chi connectivity index (χ0n) is 12.0. The summed E-state index contributed by atoms with van der Waals surface area (Å²) in [5, 5.41) is 8.97. The molecular weight excluding hydrogens is 296 g/mol. The van der Waals surface area contributed by atoms with Crippen LogP contribution in [0.1, 0.15) is 30.1 Å². The van der Waals surface area contributed by atoms with Gasteiger partial charge in [0.15, 0.2) is 0 Å². The van der Waals surface area contributed by atoms with E-state index in [2.05, 4.69) is 10.8 Å². The minimum atomic E-state index is -4.00. The van der Waals surface area contributed by atoms with Crippen molar-refractivity contribution in [3.63, 3.8) is 0 Å². The second kappa shape index (κ2) is 5.16. The third kappa shape index (κ3) is 2.54. The van der Waals surface area contributed by atoms with Crippen molar-refractivity contribution in [1.82, 2.24) is 4.31 Å². The molecule has 1 aromatic heterocycles. The topological polar surface area (TPSA) is 101 Å². The van der Waals surface area contributed by atoms with Gasteiger partial charge < -0.3 is 9.15 Å². The Kier molecular flexibility index (Phi) is 3.82. The summed E-state index contributed by atoms with van der Waals surface area (Å²) in [6.07, 6.45) is 2.65. The van der Waals surface area contributed by atoms with Gasteiger partial charge in [-0.1, -0.05) is 0 Å². The van der Waals surface area contributed by atoms with Gasteiger partial charge in [0, 0.05) is 13.1 Å². The molecule has 0 spiro atoms. The molecule has 2 rings (SSSR count). The Bertz CT molecular complexity index is 698. The fraction of sp³-hybridized carbons (Fsp3) is 0.538. The first kappa shape index (κ1) is 15.5. The van der Waals surface area contributed by atoms with E-state index >= 15 is 0 Å². The minimum absolute atomic E-state index is 0.00885. The van der Waals surface area contributed by atoms with Crippen LogP contribution in [0, 0.1) is 17.2 Å². The van der Waals surface area contributed by atoms with Gasteiger partial charge in [-0.25, -0.2) is 13.2 Å². The van der Waals surface area contributed by atoms with Gasteiger partial charge in [-0.3, -0.25) is 0 Å². The lowest BCUT2D eigenvalue weighted by Gasteiger charge is -2.31. The van der Waals surface area contributed by atoms with Crippen molar-refractivity contribution in [3.8, 4) is 6.07 Å². The predicted molar refractivity (Wildman–Crippen MR) is 71.7 cm³/mol. The predicted octanol–water partition coefficient (Wildman–Crippen LogP) is 1.38. The summed E-state index contributed by atoms with van der Waals surface area (Å²) in [6.45, 7) is 1.59. The number of nitriles is 1. The lowest BCUT2D eigenvalue weighted by Crippen LogP contribution is -2.47. The number of carbonyl (C=O) groups is 1. The number of ether oxygens (including phenoxy) is 1. The maximum atomic E-state index is 12.5. The molecule has 1 fully saturated rings. The molecule has 21 heavy (non-hydrogen) atoms. The van der Waals surface area contributed by atoms with Crippen molar-refractivity contribution < 1.29 is 22.4 Å². The van der Waals surface area contributed by atoms with Crippen LogP contribution in [-0.4, -0.2) is 38.4 Å². The number of hydrogen-bond donors (Lipinski definition) is 0. The molecule has 0 amide bonds. The van der Waals surface area contributed by atoms with E-state index in [1.165, 1.54) is 14.2 Å². The molecule has 0 saturated heterocycles. The number of rotatable bonds is 5. The standard InChI is InChI=1S/C13H16N2O5S/c1-13(8-14,10-4-5-10)15(2)21(17,18)11-6-9(7-20-11)12(16)19-3/h6-7,10H,4-5H2,1-3H3/t13-/m1/s1. The molecule has 1 aromatic rings. The van der Waals surface area contributed by atoms with Crippen LogP contribution in [0.3, 0.4) is 0 Å². The van der Waals surface area contributed by atoms with Crippen molar-refractivity contribution in [2.75, 3.05) is 14.2 Å². The zero-order valence-corrected chi connectivity index (χ0v) is 12.8. The Hall–Kier alpha value is -1.85. The summed E-state index contributed by atoms with van der Waals surface area (Å²) >= 11 is 0. The first-order chi connectivity index (χ1) is 9.77. The normalized spacial score (nSPS) is 18.0. The van der Waals surface area contributed by atoms with Crippen molar-refractivity contribution in [2.24, 2.45) is 5.92 Å². The Morgan fingerprint density at radius 1 is 1.57 bits per heavy atom. The average molecular weight is 312 g/mol. The Balaban J connectivity index is 2.35. The quantitative estimate of drug-likeness (QED) is 0.761. The molecule has 0 aromatic carbocycles. The highest BCUT2D eigenvalue weighted by Gasteiger charge is 2.50. The summed E-state index contributed by atoms with van der Waals surface area (Å²) in [4.78, 5) is 11.4. The molecule has 1 saturated carbocycles. The van der Waals surface area contributed by atoms with Crippen LogP contribution in [0.4, 0.5) is 0 Å². The third-order valence-electron chi connectivity index (χ3n) is 3.86. The van der Waals surface area contributed by atoms with E-state index in [0.717, 1.165) is 29.5 Å². The zero-order chi connectivity index (χ0) is 15.8. The highest BCUT2D eigenvalue weighted by molar-refractivity contribution is 7.89. The Morgan fingerprint density at radius 3 is 2.67 bits per heavy atom. The molecule has 0 unspecified atom stereocenters. The minimum Gasteiger partial charge on any atom is -0.465 e. The van der Waals surface area contributed by atoms with Gasteiger partial charge in [0.1, 0.15) is 11.8 Å². The number of nitrogens with zero attached hydrogens (tertiary/aromatic N) is 2. The van der Waals surface area contributed by atoms with Gasteiger partial charge >= 0.3 is 5.97 Å². The molecule has 114 valence electrons. The highest BCUT2D eigenvalue weighted by Crippen LogP contribution is 2.44. The molecule has 0 aliphatic heterocycles. The van der Waals surface area contributed by atoms with E-state index < -0.39 is 21.5 Å². The van der Waals surface area contributed by atoms with Crippen LogP contribution in [0.5, 0.6) is 0 Å². The summed E-state index contributed by atoms with van der Waals surface area (Å²) in [5.74, 6) is -0.676. The SMILES string of the molecule is COC(=O)c1coc(S(=O)(=O)N(C)[C@](C)(C#N)C2CC2)c1. The molecule has 1 aliphatic rings. The number of hydrogen-bond acceptors (Lipinski definition) is 6.